The summed E-state index contributed by atoms with van der Waals surface area (Å²) in [5.41, 5.74) is 6.12. The molecule has 1 aliphatic carbocycles. The Bertz CT molecular complexity index is 690. The minimum atomic E-state index is -2.44. The second kappa shape index (κ2) is 5.67. The van der Waals surface area contributed by atoms with E-state index in [9.17, 15) is 0 Å². The molecule has 0 aliphatic heterocycles. The molecule has 0 amide bonds. The molecule has 2 aromatic carbocycles. The molecule has 0 heterocycles. The first-order valence-electron chi connectivity index (χ1n) is 8.46. The van der Waals surface area contributed by atoms with E-state index in [4.69, 9.17) is 10.0 Å². The van der Waals surface area contributed by atoms with Crippen LogP contribution in [0, 0.1) is 0 Å². The van der Waals surface area contributed by atoms with Crippen molar-refractivity contribution in [2.24, 2.45) is 0 Å². The predicted molar refractivity (Wildman–Crippen MR) is 108 cm³/mol. The average Bonchev–Trinajstić information content (AvgIpc) is 2.45. The Balaban J connectivity index is 2.43. The summed E-state index contributed by atoms with van der Waals surface area (Å²) in [6, 6.07) is 18.3. The fourth-order valence-electron chi connectivity index (χ4n) is 4.27. The quantitative estimate of drug-likeness (QED) is 0.474. The van der Waals surface area contributed by atoms with Gasteiger partial charge in [-0.1, -0.05) is 0 Å². The van der Waals surface area contributed by atoms with Crippen LogP contribution in [0.15, 0.2) is 48.5 Å². The van der Waals surface area contributed by atoms with Crippen LogP contribution in [0.1, 0.15) is 33.9 Å². The van der Waals surface area contributed by atoms with E-state index in [2.05, 4.69) is 84.2 Å². The second-order valence-corrected chi connectivity index (χ2v) is 32.9. The zero-order valence-electron chi connectivity index (χ0n) is 15.1. The van der Waals surface area contributed by atoms with Gasteiger partial charge in [-0.3, -0.25) is 0 Å². The molecule has 0 saturated carbocycles. The molecule has 122 valence electrons. The van der Waals surface area contributed by atoms with Gasteiger partial charge in [0.05, 0.1) is 0 Å². The van der Waals surface area contributed by atoms with Crippen LogP contribution >= 0.6 is 10.0 Å². The molecule has 0 atom stereocenters. The average molecular weight is 448 g/mol. The van der Waals surface area contributed by atoms with Gasteiger partial charge in [0.25, 0.3) is 0 Å². The van der Waals surface area contributed by atoms with Crippen LogP contribution in [-0.2, 0) is 4.25 Å². The van der Waals surface area contributed by atoms with E-state index in [0.717, 1.165) is 0 Å². The van der Waals surface area contributed by atoms with Gasteiger partial charge in [0.1, 0.15) is 0 Å². The first-order chi connectivity index (χ1) is 10.6. The Hall–Kier alpha value is -0.184. The van der Waals surface area contributed by atoms with Crippen molar-refractivity contribution in [1.29, 1.82) is 0 Å². The molecule has 0 aromatic heterocycles. The SMILES string of the molecule is C[C]1([Ge]([CH3])([CH3])[CH3])c2ccccc2[CH]([Ge]([CH3])([CH3])[Cl])c2ccccc21. The van der Waals surface area contributed by atoms with Crippen LogP contribution in [0.25, 0.3) is 0 Å². The van der Waals surface area contributed by atoms with Crippen LogP contribution in [0.3, 0.4) is 0 Å². The third-order valence-electron chi connectivity index (χ3n) is 5.81. The van der Waals surface area contributed by atoms with Crippen LogP contribution in [0.4, 0.5) is 0 Å². The number of hydrogen-bond acceptors (Lipinski definition) is 0. The summed E-state index contributed by atoms with van der Waals surface area (Å²) in [6.07, 6.45) is 0. The van der Waals surface area contributed by atoms with E-state index >= 15 is 0 Å². The number of fused-ring (bicyclic) bond motifs is 2. The number of benzene rings is 2. The van der Waals surface area contributed by atoms with E-state index in [1.165, 1.54) is 11.1 Å². The number of halogens is 1. The summed E-state index contributed by atoms with van der Waals surface area (Å²) in [7, 11) is 7.08. The molecule has 2 aromatic rings. The summed E-state index contributed by atoms with van der Waals surface area (Å²) >= 11 is -4.50. The number of rotatable bonds is 2. The Morgan fingerprint density at radius 1 is 0.783 bits per heavy atom. The van der Waals surface area contributed by atoms with Gasteiger partial charge in [0.15, 0.2) is 0 Å². The van der Waals surface area contributed by atoms with Gasteiger partial charge in [-0.05, 0) is 0 Å². The van der Waals surface area contributed by atoms with Crippen molar-refractivity contribution in [2.75, 3.05) is 0 Å². The van der Waals surface area contributed by atoms with Crippen LogP contribution in [0.2, 0.25) is 28.8 Å². The molecule has 0 spiro atoms. The maximum atomic E-state index is 7.08. The molecule has 0 saturated heterocycles. The van der Waals surface area contributed by atoms with Gasteiger partial charge < -0.3 is 0 Å². The van der Waals surface area contributed by atoms with Crippen LogP contribution < -0.4 is 0 Å². The molecule has 23 heavy (non-hydrogen) atoms. The topological polar surface area (TPSA) is 0 Å². The normalized spacial score (nSPS) is 24.0. The Morgan fingerprint density at radius 2 is 1.17 bits per heavy atom. The van der Waals surface area contributed by atoms with Gasteiger partial charge in [0, 0.05) is 0 Å². The van der Waals surface area contributed by atoms with E-state index in [1.807, 2.05) is 0 Å². The van der Waals surface area contributed by atoms with Crippen molar-refractivity contribution in [3.63, 3.8) is 0 Å². The standard InChI is InChI=1S/C20H27ClGe2/c1-20(22(2,3)4)17-13-9-7-11-15(17)19(23(5,6)21)16-12-8-10-14-18(16)20/h7-14,19H,1-6H3. The van der Waals surface area contributed by atoms with Crippen molar-refractivity contribution >= 4 is 35.6 Å². The molecule has 3 rings (SSSR count). The van der Waals surface area contributed by atoms with Gasteiger partial charge in [-0.15, -0.1) is 0 Å². The first-order valence-corrected chi connectivity index (χ1v) is 24.0. The van der Waals surface area contributed by atoms with Gasteiger partial charge in [0.2, 0.25) is 0 Å². The Labute approximate surface area is 150 Å². The van der Waals surface area contributed by atoms with Crippen molar-refractivity contribution in [3.8, 4) is 0 Å². The van der Waals surface area contributed by atoms with E-state index in [1.54, 1.807) is 11.1 Å². The fourth-order valence-corrected chi connectivity index (χ4v) is 14.0. The van der Waals surface area contributed by atoms with E-state index in [-0.39, 0.29) is 4.25 Å². The zero-order valence-corrected chi connectivity index (χ0v) is 20.0. The fraction of sp³-hybridized carbons (Fsp3) is 0.400. The molecule has 3 heteroatoms. The van der Waals surface area contributed by atoms with E-state index in [0.29, 0.717) is 4.75 Å². The molecule has 0 bridgehead atoms. The van der Waals surface area contributed by atoms with Gasteiger partial charge in [-0.25, -0.2) is 0 Å². The van der Waals surface area contributed by atoms with Crippen molar-refractivity contribution in [2.45, 2.75) is 44.7 Å². The van der Waals surface area contributed by atoms with Gasteiger partial charge in [-0.2, -0.15) is 0 Å². The van der Waals surface area contributed by atoms with Crippen LogP contribution in [-0.4, -0.2) is 25.6 Å². The second-order valence-electron chi connectivity index (χ2n) is 8.55. The minimum absolute atomic E-state index is 0.189. The third kappa shape index (κ3) is 2.65. The first kappa shape index (κ1) is 17.6. The Kier molecular flexibility index (Phi) is 4.35. The van der Waals surface area contributed by atoms with Crippen molar-refractivity contribution < 1.29 is 0 Å². The summed E-state index contributed by atoms with van der Waals surface area (Å²) in [4.78, 5) is 0. The van der Waals surface area contributed by atoms with E-state index < -0.39 is 25.6 Å². The third-order valence-corrected chi connectivity index (χ3v) is 18.6. The molecule has 0 unspecified atom stereocenters. The molecule has 1 aliphatic rings. The van der Waals surface area contributed by atoms with Crippen LogP contribution in [0.5, 0.6) is 0 Å². The van der Waals surface area contributed by atoms with Crippen molar-refractivity contribution in [3.05, 3.63) is 70.8 Å². The maximum absolute atomic E-state index is 7.08. The molecule has 0 fully saturated rings. The van der Waals surface area contributed by atoms with Gasteiger partial charge >= 0.3 is 151 Å². The summed E-state index contributed by atoms with van der Waals surface area (Å²) < 4.78 is 0.621. The van der Waals surface area contributed by atoms with Crippen molar-refractivity contribution in [1.82, 2.24) is 0 Å². The monoisotopic (exact) mass is 450 g/mol. The molecule has 0 radical (unpaired) electrons. The zero-order chi connectivity index (χ0) is 17.0. The predicted octanol–water partition coefficient (Wildman–Crippen LogP) is 6.30. The molecule has 0 nitrogen and oxygen atoms in total. The Morgan fingerprint density at radius 3 is 1.52 bits per heavy atom. The number of hydrogen-bond donors (Lipinski definition) is 0. The molecule has 0 N–H and O–H groups in total. The summed E-state index contributed by atoms with van der Waals surface area (Å²) in [6.45, 7) is 2.50. The summed E-state index contributed by atoms with van der Waals surface area (Å²) in [5.74, 6) is 12.3. The molecular weight excluding hydrogens is 421 g/mol. The summed E-state index contributed by atoms with van der Waals surface area (Å²) in [5, 5.41) is 0. The molecular formula is C20H27ClGe2.